The van der Waals surface area contributed by atoms with Crippen LogP contribution in [0.15, 0.2) is 4.52 Å². The van der Waals surface area contributed by atoms with Crippen LogP contribution >= 0.6 is 0 Å². The predicted molar refractivity (Wildman–Crippen MR) is 61.0 cm³/mol. The Hall–Kier alpha value is -0.940. The normalized spacial score (nSPS) is 23.2. The van der Waals surface area contributed by atoms with E-state index in [2.05, 4.69) is 27.4 Å². The quantitative estimate of drug-likeness (QED) is 0.828. The van der Waals surface area contributed by atoms with E-state index in [0.717, 1.165) is 0 Å². The lowest BCUT2D eigenvalue weighted by atomic mass is 10.1. The Morgan fingerprint density at radius 1 is 1.44 bits per heavy atom. The number of nitrogens with one attached hydrogen (secondary N) is 1. The lowest BCUT2D eigenvalue weighted by molar-refractivity contribution is 0.333. The first-order chi connectivity index (χ1) is 7.74. The summed E-state index contributed by atoms with van der Waals surface area (Å²) in [6, 6.07) is 0.581. The zero-order chi connectivity index (χ0) is 11.4. The minimum absolute atomic E-state index is 0.581. The average molecular weight is 224 g/mol. The van der Waals surface area contributed by atoms with Crippen LogP contribution in [0.3, 0.4) is 0 Å². The van der Waals surface area contributed by atoms with Gasteiger partial charge in [0.15, 0.2) is 5.82 Å². The molecule has 1 aromatic heterocycles. The fourth-order valence-electron chi connectivity index (χ4n) is 2.09. The van der Waals surface area contributed by atoms with Crippen LogP contribution < -0.4 is 5.32 Å². The van der Waals surface area contributed by atoms with Gasteiger partial charge in [-0.3, -0.25) is 0 Å². The van der Waals surface area contributed by atoms with Crippen molar-refractivity contribution in [1.29, 1.82) is 0 Å². The summed E-state index contributed by atoms with van der Waals surface area (Å²) >= 11 is 0. The molecular weight excluding hydrogens is 204 g/mol. The van der Waals surface area contributed by atoms with Crippen LogP contribution in [0.2, 0.25) is 0 Å². The summed E-state index contributed by atoms with van der Waals surface area (Å²) in [4.78, 5) is 6.57. The van der Waals surface area contributed by atoms with Crippen molar-refractivity contribution in [3.8, 4) is 0 Å². The van der Waals surface area contributed by atoms with Gasteiger partial charge in [0.25, 0.3) is 0 Å². The second kappa shape index (κ2) is 5.41. The maximum atomic E-state index is 5.07. The van der Waals surface area contributed by atoms with Crippen molar-refractivity contribution < 1.29 is 4.52 Å². The van der Waals surface area contributed by atoms with E-state index >= 15 is 0 Å². The Bertz CT molecular complexity index is 326. The van der Waals surface area contributed by atoms with Gasteiger partial charge in [-0.1, -0.05) is 5.16 Å². The lowest BCUT2D eigenvalue weighted by Gasteiger charge is -2.15. The summed E-state index contributed by atoms with van der Waals surface area (Å²) in [6.07, 6.45) is 3.69. The summed E-state index contributed by atoms with van der Waals surface area (Å²) in [5.74, 6) is 1.40. The van der Waals surface area contributed by atoms with E-state index in [4.69, 9.17) is 4.52 Å². The molecule has 5 heteroatoms. The van der Waals surface area contributed by atoms with Gasteiger partial charge < -0.3 is 14.7 Å². The van der Waals surface area contributed by atoms with E-state index < -0.39 is 0 Å². The van der Waals surface area contributed by atoms with Gasteiger partial charge in [0.05, 0.1) is 6.54 Å². The molecule has 1 aliphatic heterocycles. The van der Waals surface area contributed by atoms with Crippen molar-refractivity contribution in [2.45, 2.75) is 38.8 Å². The smallest absolute Gasteiger partial charge is 0.240 e. The highest BCUT2D eigenvalue weighted by atomic mass is 16.5. The molecule has 1 aromatic rings. The fourth-order valence-corrected chi connectivity index (χ4v) is 2.09. The molecule has 1 N–H and O–H groups in total. The SMILES string of the molecule is Cc1noc(CNC2CCCN(C)CC2)n1. The molecule has 0 amide bonds. The summed E-state index contributed by atoms with van der Waals surface area (Å²) < 4.78 is 5.07. The number of aryl methyl sites for hydroxylation is 1. The molecule has 0 saturated carbocycles. The molecule has 0 spiro atoms. The van der Waals surface area contributed by atoms with Gasteiger partial charge >= 0.3 is 0 Å². The number of likely N-dealkylation sites (tertiary alicyclic amines) is 1. The fraction of sp³-hybridized carbons (Fsp3) is 0.818. The highest BCUT2D eigenvalue weighted by Crippen LogP contribution is 2.10. The van der Waals surface area contributed by atoms with Gasteiger partial charge in [-0.05, 0) is 46.3 Å². The first-order valence-electron chi connectivity index (χ1n) is 5.95. The summed E-state index contributed by atoms with van der Waals surface area (Å²) in [7, 11) is 2.18. The summed E-state index contributed by atoms with van der Waals surface area (Å²) in [5, 5.41) is 7.27. The van der Waals surface area contributed by atoms with Crippen LogP contribution in [-0.2, 0) is 6.54 Å². The van der Waals surface area contributed by atoms with Gasteiger partial charge in [-0.15, -0.1) is 0 Å². The number of hydrogen-bond acceptors (Lipinski definition) is 5. The van der Waals surface area contributed by atoms with Crippen LogP contribution in [0.5, 0.6) is 0 Å². The molecule has 5 nitrogen and oxygen atoms in total. The number of rotatable bonds is 3. The van der Waals surface area contributed by atoms with Crippen molar-refractivity contribution >= 4 is 0 Å². The zero-order valence-electron chi connectivity index (χ0n) is 10.1. The Kier molecular flexibility index (Phi) is 3.90. The van der Waals surface area contributed by atoms with E-state index in [1.807, 2.05) is 6.92 Å². The standard InChI is InChI=1S/C11H20N4O/c1-9-13-11(16-14-9)8-12-10-4-3-6-15(2)7-5-10/h10,12H,3-8H2,1-2H3. The summed E-state index contributed by atoms with van der Waals surface area (Å²) in [6.45, 7) is 4.90. The number of hydrogen-bond donors (Lipinski definition) is 1. The molecule has 1 fully saturated rings. The van der Waals surface area contributed by atoms with Crippen LogP contribution in [0, 0.1) is 6.92 Å². The molecule has 1 saturated heterocycles. The Morgan fingerprint density at radius 3 is 3.06 bits per heavy atom. The highest BCUT2D eigenvalue weighted by Gasteiger charge is 2.15. The monoisotopic (exact) mass is 224 g/mol. The largest absolute Gasteiger partial charge is 0.338 e. The maximum absolute atomic E-state index is 5.07. The molecule has 90 valence electrons. The van der Waals surface area contributed by atoms with Crippen molar-refractivity contribution in [3.05, 3.63) is 11.7 Å². The maximum Gasteiger partial charge on any atom is 0.240 e. The molecule has 2 heterocycles. The van der Waals surface area contributed by atoms with Crippen molar-refractivity contribution in [2.24, 2.45) is 0 Å². The lowest BCUT2D eigenvalue weighted by Crippen LogP contribution is -2.29. The zero-order valence-corrected chi connectivity index (χ0v) is 10.1. The van der Waals surface area contributed by atoms with E-state index in [1.54, 1.807) is 0 Å². The van der Waals surface area contributed by atoms with Gasteiger partial charge in [0.2, 0.25) is 5.89 Å². The second-order valence-electron chi connectivity index (χ2n) is 4.55. The van der Waals surface area contributed by atoms with Gasteiger partial charge in [0.1, 0.15) is 0 Å². The van der Waals surface area contributed by atoms with E-state index in [1.165, 1.54) is 32.4 Å². The molecule has 1 unspecified atom stereocenters. The topological polar surface area (TPSA) is 54.2 Å². The van der Waals surface area contributed by atoms with Gasteiger partial charge in [0, 0.05) is 6.04 Å². The van der Waals surface area contributed by atoms with Crippen molar-refractivity contribution in [3.63, 3.8) is 0 Å². The number of nitrogens with zero attached hydrogens (tertiary/aromatic N) is 3. The molecule has 1 aliphatic rings. The van der Waals surface area contributed by atoms with E-state index in [9.17, 15) is 0 Å². The van der Waals surface area contributed by atoms with Crippen LogP contribution in [-0.4, -0.2) is 41.2 Å². The third-order valence-electron chi connectivity index (χ3n) is 3.06. The second-order valence-corrected chi connectivity index (χ2v) is 4.55. The molecular formula is C11H20N4O. The molecule has 2 rings (SSSR count). The molecule has 0 aliphatic carbocycles. The Balaban J connectivity index is 1.77. The third-order valence-corrected chi connectivity index (χ3v) is 3.06. The minimum atomic E-state index is 0.581. The van der Waals surface area contributed by atoms with Crippen LogP contribution in [0.1, 0.15) is 31.0 Å². The average Bonchev–Trinajstić information content (AvgIpc) is 2.56. The Morgan fingerprint density at radius 2 is 2.31 bits per heavy atom. The first-order valence-corrected chi connectivity index (χ1v) is 5.95. The van der Waals surface area contributed by atoms with E-state index in [-0.39, 0.29) is 0 Å². The minimum Gasteiger partial charge on any atom is -0.338 e. The predicted octanol–water partition coefficient (Wildman–Crippen LogP) is 0.952. The van der Waals surface area contributed by atoms with Crippen LogP contribution in [0.4, 0.5) is 0 Å². The van der Waals surface area contributed by atoms with Crippen molar-refractivity contribution in [1.82, 2.24) is 20.4 Å². The molecule has 0 aromatic carbocycles. The molecule has 0 bridgehead atoms. The van der Waals surface area contributed by atoms with Gasteiger partial charge in [-0.2, -0.15) is 4.98 Å². The number of aromatic nitrogens is 2. The van der Waals surface area contributed by atoms with Crippen LogP contribution in [0.25, 0.3) is 0 Å². The third kappa shape index (κ3) is 3.28. The Labute approximate surface area is 96.2 Å². The molecule has 1 atom stereocenters. The summed E-state index contributed by atoms with van der Waals surface area (Å²) in [5.41, 5.74) is 0. The van der Waals surface area contributed by atoms with Gasteiger partial charge in [-0.25, -0.2) is 0 Å². The molecule has 16 heavy (non-hydrogen) atoms. The first kappa shape index (κ1) is 11.5. The van der Waals surface area contributed by atoms with E-state index in [0.29, 0.717) is 24.3 Å². The highest BCUT2D eigenvalue weighted by molar-refractivity contribution is 4.83. The molecule has 0 radical (unpaired) electrons. The van der Waals surface area contributed by atoms with Crippen molar-refractivity contribution in [2.75, 3.05) is 20.1 Å².